The molecule has 0 aliphatic carbocycles. The molecule has 1 aromatic carbocycles. The number of halogens is 2. The van der Waals surface area contributed by atoms with E-state index in [0.717, 1.165) is 31.7 Å². The number of amides is 2. The third-order valence-corrected chi connectivity index (χ3v) is 7.13. The van der Waals surface area contributed by atoms with E-state index in [0.29, 0.717) is 25.3 Å². The number of nitriles is 1. The average Bonchev–Trinajstić information content (AvgIpc) is 3.36. The molecule has 188 valence electrons. The van der Waals surface area contributed by atoms with Gasteiger partial charge in [-0.25, -0.2) is 0 Å². The number of ether oxygens (including phenoxy) is 3. The van der Waals surface area contributed by atoms with E-state index in [-0.39, 0.29) is 44.2 Å². The summed E-state index contributed by atoms with van der Waals surface area (Å²) in [5, 5.41) is 15.9. The van der Waals surface area contributed by atoms with Crippen molar-refractivity contribution < 1.29 is 28.6 Å². The van der Waals surface area contributed by atoms with Crippen molar-refractivity contribution >= 4 is 52.7 Å². The van der Waals surface area contributed by atoms with Gasteiger partial charge in [0.1, 0.15) is 5.92 Å². The van der Waals surface area contributed by atoms with Crippen molar-refractivity contribution in [2.75, 3.05) is 32.6 Å². The van der Waals surface area contributed by atoms with Gasteiger partial charge in [0.2, 0.25) is 11.8 Å². The highest BCUT2D eigenvalue weighted by Gasteiger charge is 2.44. The Morgan fingerprint density at radius 2 is 2.06 bits per heavy atom. The van der Waals surface area contributed by atoms with Gasteiger partial charge in [-0.05, 0) is 37.5 Å². The second-order valence-electron chi connectivity index (χ2n) is 7.80. The summed E-state index contributed by atoms with van der Waals surface area (Å²) in [6.07, 6.45) is 1.84. The van der Waals surface area contributed by atoms with Gasteiger partial charge in [-0.1, -0.05) is 35.0 Å². The van der Waals surface area contributed by atoms with Crippen LogP contribution in [0.15, 0.2) is 22.7 Å². The van der Waals surface area contributed by atoms with E-state index >= 15 is 0 Å². The lowest BCUT2D eigenvalue weighted by Gasteiger charge is -2.31. The molecule has 0 spiro atoms. The Bertz CT molecular complexity index is 1040. The van der Waals surface area contributed by atoms with E-state index in [9.17, 15) is 19.6 Å². The molecule has 0 radical (unpaired) electrons. The largest absolute Gasteiger partial charge is 0.491 e. The molecular weight excluding hydrogens is 517 g/mol. The second-order valence-corrected chi connectivity index (χ2v) is 9.60. The summed E-state index contributed by atoms with van der Waals surface area (Å²) in [5.74, 6) is -3.92. The van der Waals surface area contributed by atoms with Gasteiger partial charge in [-0.15, -0.1) is 0 Å². The van der Waals surface area contributed by atoms with Gasteiger partial charge < -0.3 is 24.8 Å². The molecule has 0 saturated carbocycles. The number of rotatable bonds is 9. The van der Waals surface area contributed by atoms with Crippen LogP contribution >= 0.6 is 35.0 Å². The van der Waals surface area contributed by atoms with Gasteiger partial charge in [0.05, 0.1) is 52.3 Å². The Morgan fingerprint density at radius 3 is 2.63 bits per heavy atom. The summed E-state index contributed by atoms with van der Waals surface area (Å²) >= 11 is 13.7. The van der Waals surface area contributed by atoms with Crippen molar-refractivity contribution in [1.29, 1.82) is 5.26 Å². The minimum atomic E-state index is -1.35. The van der Waals surface area contributed by atoms with Gasteiger partial charge in [0.15, 0.2) is 5.75 Å². The van der Waals surface area contributed by atoms with E-state index in [1.54, 1.807) is 6.92 Å². The van der Waals surface area contributed by atoms with Crippen LogP contribution in [0.2, 0.25) is 10.0 Å². The number of carbonyl (C=O) groups excluding carboxylic acids is 3. The molecule has 1 fully saturated rings. The Kier molecular flexibility index (Phi) is 9.69. The minimum Gasteiger partial charge on any atom is -0.491 e. The Morgan fingerprint density at radius 1 is 1.34 bits per heavy atom. The van der Waals surface area contributed by atoms with E-state index < -0.39 is 23.7 Å². The maximum absolute atomic E-state index is 13.0. The number of hydrogen-bond acceptors (Lipinski definition) is 8. The summed E-state index contributed by atoms with van der Waals surface area (Å²) in [7, 11) is 1.16. The number of esters is 1. The van der Waals surface area contributed by atoms with Gasteiger partial charge in [-0.2, -0.15) is 5.26 Å². The van der Waals surface area contributed by atoms with E-state index in [2.05, 4.69) is 16.7 Å². The van der Waals surface area contributed by atoms with Gasteiger partial charge >= 0.3 is 5.97 Å². The third kappa shape index (κ3) is 6.41. The predicted octanol–water partition coefficient (Wildman–Crippen LogP) is 3.16. The molecule has 0 bridgehead atoms. The number of hydrogen-bond donors (Lipinski definition) is 2. The molecule has 9 nitrogen and oxygen atoms in total. The molecule has 0 unspecified atom stereocenters. The zero-order chi connectivity index (χ0) is 25.5. The maximum atomic E-state index is 13.0. The van der Waals surface area contributed by atoms with Crippen LogP contribution in [0, 0.1) is 17.2 Å². The first-order valence-electron chi connectivity index (χ1n) is 11.0. The highest BCUT2D eigenvalue weighted by Crippen LogP contribution is 2.44. The molecule has 35 heavy (non-hydrogen) atoms. The molecule has 2 heterocycles. The quantitative estimate of drug-likeness (QED) is 0.360. The number of nitrogens with zero attached hydrogens (tertiary/aromatic N) is 1. The van der Waals surface area contributed by atoms with Gasteiger partial charge in [0.25, 0.3) is 0 Å². The number of carbonyl (C=O) groups is 3. The van der Waals surface area contributed by atoms with Crippen molar-refractivity contribution in [3.63, 3.8) is 0 Å². The molecule has 2 aliphatic heterocycles. The maximum Gasteiger partial charge on any atom is 0.319 e. The Hall–Kier alpha value is -2.45. The highest BCUT2D eigenvalue weighted by atomic mass is 35.5. The zero-order valence-corrected chi connectivity index (χ0v) is 21.5. The summed E-state index contributed by atoms with van der Waals surface area (Å²) < 4.78 is 15.8. The number of nitrogens with one attached hydrogen (secondary N) is 2. The smallest absolute Gasteiger partial charge is 0.319 e. The summed E-state index contributed by atoms with van der Waals surface area (Å²) in [6.45, 7) is 3.18. The molecule has 1 aromatic rings. The van der Waals surface area contributed by atoms with Crippen LogP contribution < -0.4 is 15.4 Å². The standard InChI is InChI=1S/C23H25Cl2N3O6S/c1-3-33-20-15(24)7-12(8-16(20)25)18-14(9-26)22(28-21(30)19(18)23(31)32-2)35-11-17(29)27-10-13-5-4-6-34-13/h7-8,13,18-19H,3-6,10-11H2,1-2H3,(H,27,29)(H,28,30)/t13-,18+,19-/m0/s1. The average molecular weight is 542 g/mol. The van der Waals surface area contributed by atoms with Crippen molar-refractivity contribution in [2.45, 2.75) is 31.8 Å². The van der Waals surface area contributed by atoms with E-state index in [1.807, 2.05) is 0 Å². The number of thioether (sulfide) groups is 1. The lowest BCUT2D eigenvalue weighted by Crippen LogP contribution is -2.44. The molecule has 1 saturated heterocycles. The molecule has 3 atom stereocenters. The van der Waals surface area contributed by atoms with Crippen molar-refractivity contribution in [3.8, 4) is 11.8 Å². The topological polar surface area (TPSA) is 127 Å². The van der Waals surface area contributed by atoms with Crippen LogP contribution in [-0.4, -0.2) is 56.5 Å². The molecule has 12 heteroatoms. The van der Waals surface area contributed by atoms with Crippen LogP contribution in [-0.2, 0) is 23.9 Å². The lowest BCUT2D eigenvalue weighted by atomic mass is 9.78. The number of allylic oxidation sites excluding steroid dienone is 1. The fourth-order valence-electron chi connectivity index (χ4n) is 3.94. The summed E-state index contributed by atoms with van der Waals surface area (Å²) in [6, 6.07) is 5.09. The van der Waals surface area contributed by atoms with Crippen molar-refractivity contribution in [3.05, 3.63) is 38.3 Å². The van der Waals surface area contributed by atoms with Crippen LogP contribution in [0.5, 0.6) is 5.75 Å². The summed E-state index contributed by atoms with van der Waals surface area (Å²) in [5.41, 5.74) is 0.458. The number of benzene rings is 1. The Balaban J connectivity index is 1.90. The first kappa shape index (κ1) is 27.1. The van der Waals surface area contributed by atoms with Crippen molar-refractivity contribution in [1.82, 2.24) is 10.6 Å². The Labute approximate surface area is 217 Å². The molecule has 3 rings (SSSR count). The normalized spacial score (nSPS) is 21.8. The van der Waals surface area contributed by atoms with Crippen LogP contribution in [0.3, 0.4) is 0 Å². The molecule has 2 N–H and O–H groups in total. The van der Waals surface area contributed by atoms with E-state index in [1.165, 1.54) is 12.1 Å². The van der Waals surface area contributed by atoms with Crippen LogP contribution in [0.25, 0.3) is 0 Å². The lowest BCUT2D eigenvalue weighted by molar-refractivity contribution is -0.150. The SMILES string of the molecule is CCOc1c(Cl)cc([C@@H]2C(C#N)=C(SCC(=O)NC[C@@H]3CCCO3)NC(=O)[C@H]2C(=O)OC)cc1Cl. The third-order valence-electron chi connectivity index (χ3n) is 5.55. The molecular formula is C23H25Cl2N3O6S. The fourth-order valence-corrected chi connectivity index (χ4v) is 5.43. The molecule has 2 amide bonds. The number of methoxy groups -OCH3 is 1. The predicted molar refractivity (Wildman–Crippen MR) is 131 cm³/mol. The first-order valence-corrected chi connectivity index (χ1v) is 12.7. The summed E-state index contributed by atoms with van der Waals surface area (Å²) in [4.78, 5) is 37.9. The fraction of sp³-hybridized carbons (Fsp3) is 0.478. The van der Waals surface area contributed by atoms with Crippen molar-refractivity contribution in [2.24, 2.45) is 5.92 Å². The van der Waals surface area contributed by atoms with Crippen LogP contribution in [0.1, 0.15) is 31.2 Å². The monoisotopic (exact) mass is 541 g/mol. The molecule has 0 aromatic heterocycles. The van der Waals surface area contributed by atoms with Gasteiger partial charge in [0, 0.05) is 19.1 Å². The highest BCUT2D eigenvalue weighted by molar-refractivity contribution is 8.03. The van der Waals surface area contributed by atoms with E-state index in [4.69, 9.17) is 37.4 Å². The minimum absolute atomic E-state index is 0.00781. The zero-order valence-electron chi connectivity index (χ0n) is 19.2. The second kappa shape index (κ2) is 12.5. The van der Waals surface area contributed by atoms with Gasteiger partial charge in [-0.3, -0.25) is 14.4 Å². The molecule has 2 aliphatic rings. The van der Waals surface area contributed by atoms with Crippen LogP contribution in [0.4, 0.5) is 0 Å². The first-order chi connectivity index (χ1) is 16.8.